The van der Waals surface area contributed by atoms with Crippen LogP contribution in [0.3, 0.4) is 0 Å². The second kappa shape index (κ2) is 65.0. The van der Waals surface area contributed by atoms with Crippen LogP contribution in [-0.2, 0) is 14.4 Å². The van der Waals surface area contributed by atoms with Gasteiger partial charge in [0, 0.05) is 17.9 Å². The van der Waals surface area contributed by atoms with Crippen molar-refractivity contribution in [3.63, 3.8) is 0 Å². The SMILES string of the molecule is CC(=O)[O-].CC(=O)[O-].CC(=O)[O-].O.O.O.O.O.O.[Eu+3]. The molecular weight excluding hydrogens is 416 g/mol. The molecule has 0 aromatic rings. The minimum absolute atomic E-state index is 0. The van der Waals surface area contributed by atoms with Crippen molar-refractivity contribution in [3.05, 3.63) is 0 Å². The van der Waals surface area contributed by atoms with Crippen molar-refractivity contribution in [1.29, 1.82) is 0 Å². The van der Waals surface area contributed by atoms with Crippen molar-refractivity contribution in [2.75, 3.05) is 0 Å². The van der Waals surface area contributed by atoms with E-state index in [4.69, 9.17) is 29.7 Å². The molecule has 0 bridgehead atoms. The molecule has 12 N–H and O–H groups in total. The smallest absolute Gasteiger partial charge is 0.550 e. The van der Waals surface area contributed by atoms with Crippen molar-refractivity contribution in [1.82, 2.24) is 0 Å². The molecule has 0 amide bonds. The molecule has 13 heteroatoms. The van der Waals surface area contributed by atoms with Crippen LogP contribution in [0.5, 0.6) is 0 Å². The zero-order chi connectivity index (χ0) is 10.7. The summed E-state index contributed by atoms with van der Waals surface area (Å²) < 4.78 is 0. The summed E-state index contributed by atoms with van der Waals surface area (Å²) in [5.74, 6) is -3.25. The third-order valence-corrected chi connectivity index (χ3v) is 0. The number of carbonyl (C=O) groups excluding carboxylic acids is 3. The molecule has 0 aromatic heterocycles. The molecular formula is C6H21EuO12. The summed E-state index contributed by atoms with van der Waals surface area (Å²) >= 11 is 0. The maximum absolute atomic E-state index is 8.89. The molecule has 0 heterocycles. The molecule has 0 rings (SSSR count). The van der Waals surface area contributed by atoms with Crippen LogP contribution in [0.1, 0.15) is 20.8 Å². The van der Waals surface area contributed by atoms with E-state index in [1.807, 2.05) is 0 Å². The maximum Gasteiger partial charge on any atom is 3.00 e. The van der Waals surface area contributed by atoms with Crippen molar-refractivity contribution >= 4 is 17.9 Å². The molecule has 0 aliphatic carbocycles. The number of rotatable bonds is 0. The quantitative estimate of drug-likeness (QED) is 0.354. The van der Waals surface area contributed by atoms with E-state index in [2.05, 4.69) is 0 Å². The molecule has 0 atom stereocenters. The second-order valence-corrected chi connectivity index (χ2v) is 1.47. The third kappa shape index (κ3) is 73100. The van der Waals surface area contributed by atoms with Gasteiger partial charge in [0.2, 0.25) is 0 Å². The van der Waals surface area contributed by atoms with Gasteiger partial charge in [-0.25, -0.2) is 0 Å². The molecule has 0 saturated heterocycles. The zero-order valence-electron chi connectivity index (χ0n) is 10.3. The Balaban J connectivity index is -0.00000000675. The summed E-state index contributed by atoms with van der Waals surface area (Å²) in [5, 5.41) is 26.7. The van der Waals surface area contributed by atoms with Crippen LogP contribution in [0.4, 0.5) is 0 Å². The Morgan fingerprint density at radius 2 is 0.526 bits per heavy atom. The number of hydrogen-bond donors (Lipinski definition) is 0. The standard InChI is InChI=1S/3C2H4O2.Eu.6H2O/c3*1-2(3)4;;;;;;;/h3*1H3,(H,3,4);;6*1H2/q;;;+3;;;;;;/p-3. The number of carboxylic acid groups (broad SMARTS) is 3. The fourth-order valence-electron chi connectivity index (χ4n) is 0. The van der Waals surface area contributed by atoms with Crippen LogP contribution < -0.4 is 15.3 Å². The first-order valence-electron chi connectivity index (χ1n) is 2.72. The predicted molar refractivity (Wildman–Crippen MR) is 53.7 cm³/mol. The molecule has 0 spiro atoms. The summed E-state index contributed by atoms with van der Waals surface area (Å²) in [6.45, 7) is 2.92. The zero-order valence-corrected chi connectivity index (χ0v) is 12.8. The Morgan fingerprint density at radius 3 is 0.526 bits per heavy atom. The summed E-state index contributed by atoms with van der Waals surface area (Å²) in [6, 6.07) is 0. The van der Waals surface area contributed by atoms with Crippen LogP contribution in [0.2, 0.25) is 0 Å². The molecule has 0 radical (unpaired) electrons. The van der Waals surface area contributed by atoms with E-state index in [9.17, 15) is 0 Å². The molecule has 0 aliphatic rings. The Labute approximate surface area is 149 Å². The Kier molecular flexibility index (Phi) is 264. The van der Waals surface area contributed by atoms with E-state index in [0.717, 1.165) is 20.8 Å². The maximum atomic E-state index is 8.89. The summed E-state index contributed by atoms with van der Waals surface area (Å²) in [6.07, 6.45) is 0. The van der Waals surface area contributed by atoms with Crippen molar-refractivity contribution in [2.45, 2.75) is 20.8 Å². The monoisotopic (exact) mass is 438 g/mol. The van der Waals surface area contributed by atoms with Crippen LogP contribution in [0.15, 0.2) is 0 Å². The van der Waals surface area contributed by atoms with Crippen LogP contribution in [0.25, 0.3) is 0 Å². The van der Waals surface area contributed by atoms with Crippen molar-refractivity contribution in [3.8, 4) is 0 Å². The molecule has 12 nitrogen and oxygen atoms in total. The molecule has 0 saturated carbocycles. The van der Waals surface area contributed by atoms with Gasteiger partial charge in [0.25, 0.3) is 0 Å². The van der Waals surface area contributed by atoms with Crippen molar-refractivity contribution in [2.24, 2.45) is 0 Å². The van der Waals surface area contributed by atoms with Gasteiger partial charge in [-0.2, -0.15) is 0 Å². The Bertz CT molecular complexity index is 120. The normalized spacial score (nSPS) is 3.95. The van der Waals surface area contributed by atoms with Gasteiger partial charge < -0.3 is 62.6 Å². The average Bonchev–Trinajstić information content (AvgIpc) is 1.54. The topological polar surface area (TPSA) is 309 Å². The minimum atomic E-state index is -1.08. The minimum Gasteiger partial charge on any atom is -0.550 e. The van der Waals surface area contributed by atoms with E-state index >= 15 is 0 Å². The number of carbonyl (C=O) groups is 3. The van der Waals surface area contributed by atoms with Gasteiger partial charge in [-0.3, -0.25) is 0 Å². The average molecular weight is 437 g/mol. The fraction of sp³-hybridized carbons (Fsp3) is 0.500. The second-order valence-electron chi connectivity index (χ2n) is 1.47. The van der Waals surface area contributed by atoms with Crippen LogP contribution >= 0.6 is 0 Å². The summed E-state index contributed by atoms with van der Waals surface area (Å²) in [5.41, 5.74) is 0. The molecule has 0 unspecified atom stereocenters. The van der Waals surface area contributed by atoms with Gasteiger partial charge in [0.15, 0.2) is 0 Å². The van der Waals surface area contributed by atoms with E-state index in [-0.39, 0.29) is 82.2 Å². The van der Waals surface area contributed by atoms with Gasteiger partial charge in [0.1, 0.15) is 0 Å². The first-order chi connectivity index (χ1) is 5.20. The summed E-state index contributed by atoms with van der Waals surface area (Å²) in [7, 11) is 0. The first kappa shape index (κ1) is 77.1. The van der Waals surface area contributed by atoms with E-state index in [1.165, 1.54) is 0 Å². The van der Waals surface area contributed by atoms with Gasteiger partial charge in [0.05, 0.1) is 0 Å². The molecule has 0 fully saturated rings. The van der Waals surface area contributed by atoms with E-state index in [0.29, 0.717) is 0 Å². The Hall–Kier alpha value is -0.246. The number of hydrogen-bond acceptors (Lipinski definition) is 6. The third-order valence-electron chi connectivity index (χ3n) is 0. The van der Waals surface area contributed by atoms with Gasteiger partial charge >= 0.3 is 49.4 Å². The number of aliphatic carboxylic acids is 3. The van der Waals surface area contributed by atoms with Gasteiger partial charge in [-0.05, 0) is 20.8 Å². The fourth-order valence-corrected chi connectivity index (χ4v) is 0. The molecule has 0 aliphatic heterocycles. The Morgan fingerprint density at radius 1 is 0.526 bits per heavy atom. The first-order valence-corrected chi connectivity index (χ1v) is 2.72. The largest absolute Gasteiger partial charge is 3.00 e. The van der Waals surface area contributed by atoms with E-state index in [1.54, 1.807) is 0 Å². The van der Waals surface area contributed by atoms with Gasteiger partial charge in [-0.1, -0.05) is 0 Å². The number of carboxylic acids is 3. The molecule has 124 valence electrons. The summed E-state index contributed by atoms with van der Waals surface area (Å²) in [4.78, 5) is 26.7. The predicted octanol–water partition coefficient (Wildman–Crippen LogP) is -8.68. The van der Waals surface area contributed by atoms with E-state index < -0.39 is 17.9 Å². The van der Waals surface area contributed by atoms with Crippen LogP contribution in [-0.4, -0.2) is 50.8 Å². The van der Waals surface area contributed by atoms with Crippen LogP contribution in [0, 0.1) is 49.4 Å². The molecule has 0 aromatic carbocycles. The van der Waals surface area contributed by atoms with Crippen molar-refractivity contribution < 1.29 is 112 Å². The molecule has 19 heavy (non-hydrogen) atoms. The van der Waals surface area contributed by atoms with Gasteiger partial charge in [-0.15, -0.1) is 0 Å².